The minimum Gasteiger partial charge on any atom is -0.504 e. The van der Waals surface area contributed by atoms with Gasteiger partial charge in [0.05, 0.1) is 19.3 Å². The maximum absolute atomic E-state index is 12.8. The van der Waals surface area contributed by atoms with Crippen molar-refractivity contribution in [2.45, 2.75) is 6.61 Å². The number of methoxy groups -OCH3 is 1. The van der Waals surface area contributed by atoms with Gasteiger partial charge in [-0.25, -0.2) is 8.78 Å². The average molecular weight is 190 g/mol. The van der Waals surface area contributed by atoms with Gasteiger partial charge in [0.15, 0.2) is 23.1 Å². The number of aromatic hydroxyl groups is 1. The fraction of sp³-hybridized carbons (Fsp3) is 0.250. The van der Waals surface area contributed by atoms with Gasteiger partial charge in [0.25, 0.3) is 0 Å². The van der Waals surface area contributed by atoms with Gasteiger partial charge >= 0.3 is 0 Å². The van der Waals surface area contributed by atoms with Crippen LogP contribution in [-0.4, -0.2) is 17.3 Å². The Kier molecular flexibility index (Phi) is 2.67. The maximum atomic E-state index is 12.8. The van der Waals surface area contributed by atoms with E-state index in [2.05, 4.69) is 4.74 Å². The highest BCUT2D eigenvalue weighted by atomic mass is 19.2. The lowest BCUT2D eigenvalue weighted by Crippen LogP contribution is -1.97. The number of aliphatic hydroxyl groups excluding tert-OH is 1. The Balaban J connectivity index is 3.39. The van der Waals surface area contributed by atoms with Gasteiger partial charge in [0.1, 0.15) is 0 Å². The third-order valence-corrected chi connectivity index (χ3v) is 1.63. The molecule has 0 spiro atoms. The van der Waals surface area contributed by atoms with Crippen LogP contribution in [-0.2, 0) is 6.61 Å². The third kappa shape index (κ3) is 1.55. The van der Waals surface area contributed by atoms with Crippen LogP contribution in [0.1, 0.15) is 5.56 Å². The molecule has 0 bridgehead atoms. The summed E-state index contributed by atoms with van der Waals surface area (Å²) < 4.78 is 30.1. The second-order valence-electron chi connectivity index (χ2n) is 2.36. The molecule has 72 valence electrons. The first kappa shape index (κ1) is 9.73. The molecule has 0 aromatic heterocycles. The molecule has 0 aliphatic heterocycles. The molecular weight excluding hydrogens is 182 g/mol. The van der Waals surface area contributed by atoms with Gasteiger partial charge < -0.3 is 14.9 Å². The lowest BCUT2D eigenvalue weighted by Gasteiger charge is -2.08. The lowest BCUT2D eigenvalue weighted by molar-refractivity contribution is 0.262. The van der Waals surface area contributed by atoms with Crippen LogP contribution in [0.4, 0.5) is 8.78 Å². The number of aliphatic hydroxyl groups is 1. The first-order valence-corrected chi connectivity index (χ1v) is 3.46. The molecule has 0 amide bonds. The van der Waals surface area contributed by atoms with E-state index < -0.39 is 29.6 Å². The standard InChI is InChI=1S/C8H8F2O3/c1-13-6-2-5(9)7(10)4(3-11)8(6)12/h2,11-12H,3H2,1H3. The predicted molar refractivity (Wildman–Crippen MR) is 40.5 cm³/mol. The molecule has 0 saturated heterocycles. The molecule has 0 radical (unpaired) electrons. The molecule has 0 fully saturated rings. The van der Waals surface area contributed by atoms with Crippen LogP contribution in [0.25, 0.3) is 0 Å². The number of hydrogen-bond acceptors (Lipinski definition) is 3. The molecule has 3 nitrogen and oxygen atoms in total. The van der Waals surface area contributed by atoms with Gasteiger partial charge in [-0.3, -0.25) is 0 Å². The van der Waals surface area contributed by atoms with E-state index in [1.165, 1.54) is 7.11 Å². The van der Waals surface area contributed by atoms with E-state index in [-0.39, 0.29) is 5.75 Å². The zero-order valence-electron chi connectivity index (χ0n) is 6.84. The lowest BCUT2D eigenvalue weighted by atomic mass is 10.1. The van der Waals surface area contributed by atoms with Crippen LogP contribution in [0.5, 0.6) is 11.5 Å². The predicted octanol–water partition coefficient (Wildman–Crippen LogP) is 1.17. The van der Waals surface area contributed by atoms with E-state index in [4.69, 9.17) is 5.11 Å². The Morgan fingerprint density at radius 2 is 2.08 bits per heavy atom. The van der Waals surface area contributed by atoms with Gasteiger partial charge in [-0.05, 0) is 0 Å². The Bertz CT molecular complexity index is 326. The van der Waals surface area contributed by atoms with E-state index in [1.54, 1.807) is 0 Å². The zero-order chi connectivity index (χ0) is 10.0. The average Bonchev–Trinajstić information content (AvgIpc) is 2.12. The number of ether oxygens (including phenoxy) is 1. The van der Waals surface area contributed by atoms with E-state index in [0.29, 0.717) is 6.07 Å². The normalized spacial score (nSPS) is 10.2. The smallest absolute Gasteiger partial charge is 0.168 e. The summed E-state index contributed by atoms with van der Waals surface area (Å²) in [6, 6.07) is 0.712. The minimum absolute atomic E-state index is 0.206. The number of hydrogen-bond donors (Lipinski definition) is 2. The van der Waals surface area contributed by atoms with E-state index in [1.807, 2.05) is 0 Å². The fourth-order valence-electron chi connectivity index (χ4n) is 0.944. The summed E-state index contributed by atoms with van der Waals surface area (Å²) in [6.45, 7) is -0.786. The summed E-state index contributed by atoms with van der Waals surface area (Å²) >= 11 is 0. The van der Waals surface area contributed by atoms with Crippen LogP contribution in [0.15, 0.2) is 6.07 Å². The highest BCUT2D eigenvalue weighted by molar-refractivity contribution is 5.46. The summed E-state index contributed by atoms with van der Waals surface area (Å²) in [4.78, 5) is 0. The number of halogens is 2. The first-order valence-electron chi connectivity index (χ1n) is 3.46. The Labute approximate surface area is 73.2 Å². The quantitative estimate of drug-likeness (QED) is 0.735. The van der Waals surface area contributed by atoms with Crippen LogP contribution in [0.3, 0.4) is 0 Å². The van der Waals surface area contributed by atoms with Gasteiger partial charge in [-0.2, -0.15) is 0 Å². The molecule has 1 rings (SSSR count). The Morgan fingerprint density at radius 1 is 1.46 bits per heavy atom. The van der Waals surface area contributed by atoms with Crippen LogP contribution < -0.4 is 4.74 Å². The molecule has 0 saturated carbocycles. The van der Waals surface area contributed by atoms with Crippen molar-refractivity contribution in [3.8, 4) is 11.5 Å². The van der Waals surface area contributed by atoms with Crippen molar-refractivity contribution >= 4 is 0 Å². The van der Waals surface area contributed by atoms with Gasteiger partial charge in [-0.1, -0.05) is 0 Å². The van der Waals surface area contributed by atoms with Crippen molar-refractivity contribution in [2.75, 3.05) is 7.11 Å². The summed E-state index contributed by atoms with van der Waals surface area (Å²) in [7, 11) is 1.20. The van der Waals surface area contributed by atoms with Gasteiger partial charge in [0.2, 0.25) is 0 Å². The van der Waals surface area contributed by atoms with Crippen LogP contribution in [0.2, 0.25) is 0 Å². The molecule has 0 heterocycles. The van der Waals surface area contributed by atoms with E-state index >= 15 is 0 Å². The first-order chi connectivity index (χ1) is 6.11. The Morgan fingerprint density at radius 3 is 2.54 bits per heavy atom. The zero-order valence-corrected chi connectivity index (χ0v) is 6.84. The molecule has 13 heavy (non-hydrogen) atoms. The second kappa shape index (κ2) is 3.57. The van der Waals surface area contributed by atoms with Crippen LogP contribution >= 0.6 is 0 Å². The molecule has 0 unspecified atom stereocenters. The SMILES string of the molecule is COc1cc(F)c(F)c(CO)c1O. The summed E-state index contributed by atoms with van der Waals surface area (Å²) in [5.74, 6) is -3.22. The fourth-order valence-corrected chi connectivity index (χ4v) is 0.944. The number of benzene rings is 1. The number of rotatable bonds is 2. The topological polar surface area (TPSA) is 49.7 Å². The molecule has 1 aromatic carbocycles. The maximum Gasteiger partial charge on any atom is 0.168 e. The summed E-state index contributed by atoms with van der Waals surface area (Å²) in [5.41, 5.74) is -0.503. The van der Waals surface area contributed by atoms with Crippen molar-refractivity contribution < 1.29 is 23.7 Å². The largest absolute Gasteiger partial charge is 0.504 e. The number of phenols is 1. The monoisotopic (exact) mass is 190 g/mol. The second-order valence-corrected chi connectivity index (χ2v) is 2.36. The molecule has 2 N–H and O–H groups in total. The summed E-state index contributed by atoms with van der Waals surface area (Å²) in [5, 5.41) is 17.8. The minimum atomic E-state index is -1.26. The molecule has 0 aliphatic rings. The molecule has 5 heteroatoms. The highest BCUT2D eigenvalue weighted by Crippen LogP contribution is 2.33. The van der Waals surface area contributed by atoms with E-state index in [0.717, 1.165) is 0 Å². The van der Waals surface area contributed by atoms with Gasteiger partial charge in [-0.15, -0.1) is 0 Å². The van der Waals surface area contributed by atoms with Gasteiger partial charge in [0, 0.05) is 6.07 Å². The van der Waals surface area contributed by atoms with Crippen LogP contribution in [0, 0.1) is 11.6 Å². The molecule has 0 atom stereocenters. The van der Waals surface area contributed by atoms with Crippen molar-refractivity contribution in [3.05, 3.63) is 23.3 Å². The van der Waals surface area contributed by atoms with Crippen molar-refractivity contribution in [1.82, 2.24) is 0 Å². The molecule has 1 aromatic rings. The summed E-state index contributed by atoms with van der Waals surface area (Å²) in [6.07, 6.45) is 0. The van der Waals surface area contributed by atoms with Crippen molar-refractivity contribution in [3.63, 3.8) is 0 Å². The van der Waals surface area contributed by atoms with E-state index in [9.17, 15) is 13.9 Å². The Hall–Kier alpha value is -1.36. The van der Waals surface area contributed by atoms with Crippen molar-refractivity contribution in [1.29, 1.82) is 0 Å². The third-order valence-electron chi connectivity index (χ3n) is 1.63. The molecular formula is C8H8F2O3. The van der Waals surface area contributed by atoms with Crippen molar-refractivity contribution in [2.24, 2.45) is 0 Å². The molecule has 0 aliphatic carbocycles. The highest BCUT2D eigenvalue weighted by Gasteiger charge is 2.17.